The van der Waals surface area contributed by atoms with Crippen LogP contribution in [-0.4, -0.2) is 11.4 Å². The van der Waals surface area contributed by atoms with E-state index in [-0.39, 0.29) is 5.91 Å². The second kappa shape index (κ2) is 4.45. The first-order valence-electron chi connectivity index (χ1n) is 5.02. The Morgan fingerprint density at radius 1 is 1.47 bits per heavy atom. The molecule has 1 aromatic rings. The van der Waals surface area contributed by atoms with Crippen LogP contribution in [0.5, 0.6) is 0 Å². The fourth-order valence-corrected chi connectivity index (χ4v) is 1.23. The van der Waals surface area contributed by atoms with Gasteiger partial charge in [-0.2, -0.15) is 0 Å². The molecule has 1 aromatic carbocycles. The largest absolute Gasteiger partial charge is 0.350 e. The SMILES string of the molecule is Cc1cccc(CNC(=O)C(C)(C)N)c1. The molecule has 0 aromatic heterocycles. The summed E-state index contributed by atoms with van der Waals surface area (Å²) in [5.41, 5.74) is 7.12. The van der Waals surface area contributed by atoms with Gasteiger partial charge in [0.2, 0.25) is 5.91 Å². The standard InChI is InChI=1S/C12H18N2O/c1-9-5-4-6-10(7-9)8-14-11(15)12(2,3)13/h4-7H,8,13H2,1-3H3,(H,14,15). The van der Waals surface area contributed by atoms with Crippen LogP contribution in [-0.2, 0) is 11.3 Å². The van der Waals surface area contributed by atoms with Gasteiger partial charge in [0.25, 0.3) is 0 Å². The zero-order valence-corrected chi connectivity index (χ0v) is 9.50. The highest BCUT2D eigenvalue weighted by molar-refractivity contribution is 5.84. The molecule has 0 spiro atoms. The van der Waals surface area contributed by atoms with E-state index < -0.39 is 5.54 Å². The van der Waals surface area contributed by atoms with Crippen molar-refractivity contribution in [3.05, 3.63) is 35.4 Å². The predicted molar refractivity (Wildman–Crippen MR) is 61.3 cm³/mol. The van der Waals surface area contributed by atoms with Crippen LogP contribution in [0.3, 0.4) is 0 Å². The third-order valence-corrected chi connectivity index (χ3v) is 2.12. The Kier molecular flexibility index (Phi) is 3.48. The Morgan fingerprint density at radius 3 is 2.67 bits per heavy atom. The number of carbonyl (C=O) groups excluding carboxylic acids is 1. The van der Waals surface area contributed by atoms with Gasteiger partial charge in [0.1, 0.15) is 0 Å². The van der Waals surface area contributed by atoms with Gasteiger partial charge in [0, 0.05) is 6.54 Å². The zero-order valence-electron chi connectivity index (χ0n) is 9.50. The van der Waals surface area contributed by atoms with Crippen LogP contribution in [0.25, 0.3) is 0 Å². The van der Waals surface area contributed by atoms with Crippen molar-refractivity contribution in [2.24, 2.45) is 5.73 Å². The summed E-state index contributed by atoms with van der Waals surface area (Å²) in [6.45, 7) is 5.94. The molecule has 15 heavy (non-hydrogen) atoms. The average Bonchev–Trinajstić information content (AvgIpc) is 2.12. The number of aryl methyl sites for hydroxylation is 1. The van der Waals surface area contributed by atoms with Gasteiger partial charge in [-0.3, -0.25) is 4.79 Å². The second-order valence-electron chi connectivity index (χ2n) is 4.39. The topological polar surface area (TPSA) is 55.1 Å². The van der Waals surface area contributed by atoms with E-state index in [0.717, 1.165) is 5.56 Å². The molecule has 3 heteroatoms. The quantitative estimate of drug-likeness (QED) is 0.784. The van der Waals surface area contributed by atoms with E-state index in [4.69, 9.17) is 5.73 Å². The van der Waals surface area contributed by atoms with E-state index in [0.29, 0.717) is 6.54 Å². The van der Waals surface area contributed by atoms with Crippen LogP contribution in [0, 0.1) is 6.92 Å². The van der Waals surface area contributed by atoms with Gasteiger partial charge in [-0.25, -0.2) is 0 Å². The molecule has 3 nitrogen and oxygen atoms in total. The molecule has 0 saturated heterocycles. The van der Waals surface area contributed by atoms with Gasteiger partial charge >= 0.3 is 0 Å². The maximum absolute atomic E-state index is 11.5. The second-order valence-corrected chi connectivity index (χ2v) is 4.39. The minimum absolute atomic E-state index is 0.135. The smallest absolute Gasteiger partial charge is 0.239 e. The normalized spacial score (nSPS) is 11.2. The molecule has 0 aliphatic rings. The van der Waals surface area contributed by atoms with Crippen molar-refractivity contribution in [2.75, 3.05) is 0 Å². The number of carbonyl (C=O) groups is 1. The van der Waals surface area contributed by atoms with E-state index in [9.17, 15) is 4.79 Å². The van der Waals surface area contributed by atoms with Crippen LogP contribution in [0.2, 0.25) is 0 Å². The summed E-state index contributed by atoms with van der Waals surface area (Å²) in [5, 5.41) is 2.80. The molecule has 0 atom stereocenters. The lowest BCUT2D eigenvalue weighted by Crippen LogP contribution is -2.48. The highest BCUT2D eigenvalue weighted by atomic mass is 16.2. The van der Waals surface area contributed by atoms with E-state index in [1.165, 1.54) is 5.56 Å². The molecule has 0 saturated carbocycles. The first kappa shape index (κ1) is 11.7. The van der Waals surface area contributed by atoms with Gasteiger partial charge in [-0.15, -0.1) is 0 Å². The molecule has 1 amide bonds. The first-order chi connectivity index (χ1) is 6.89. The molecular weight excluding hydrogens is 188 g/mol. The van der Waals surface area contributed by atoms with Crippen molar-refractivity contribution < 1.29 is 4.79 Å². The summed E-state index contributed by atoms with van der Waals surface area (Å²) in [5.74, 6) is -0.135. The lowest BCUT2D eigenvalue weighted by molar-refractivity contribution is -0.125. The fraction of sp³-hybridized carbons (Fsp3) is 0.417. The van der Waals surface area contributed by atoms with Crippen molar-refractivity contribution in [1.29, 1.82) is 0 Å². The molecule has 0 radical (unpaired) electrons. The highest BCUT2D eigenvalue weighted by Gasteiger charge is 2.20. The lowest BCUT2D eigenvalue weighted by Gasteiger charge is -2.17. The van der Waals surface area contributed by atoms with E-state index in [1.807, 2.05) is 31.2 Å². The average molecular weight is 206 g/mol. The fourth-order valence-electron chi connectivity index (χ4n) is 1.23. The maximum Gasteiger partial charge on any atom is 0.239 e. The monoisotopic (exact) mass is 206 g/mol. The molecule has 0 aliphatic heterocycles. The van der Waals surface area contributed by atoms with E-state index in [1.54, 1.807) is 13.8 Å². The van der Waals surface area contributed by atoms with Crippen LogP contribution < -0.4 is 11.1 Å². The minimum atomic E-state index is -0.816. The summed E-state index contributed by atoms with van der Waals surface area (Å²) in [4.78, 5) is 11.5. The molecule has 1 rings (SSSR count). The number of hydrogen-bond donors (Lipinski definition) is 2. The zero-order chi connectivity index (χ0) is 11.5. The van der Waals surface area contributed by atoms with Crippen LogP contribution >= 0.6 is 0 Å². The van der Waals surface area contributed by atoms with Crippen LogP contribution in [0.4, 0.5) is 0 Å². The van der Waals surface area contributed by atoms with Gasteiger partial charge in [0.05, 0.1) is 5.54 Å². The molecule has 82 valence electrons. The van der Waals surface area contributed by atoms with Crippen LogP contribution in [0.15, 0.2) is 24.3 Å². The van der Waals surface area contributed by atoms with Crippen molar-refractivity contribution >= 4 is 5.91 Å². The number of nitrogens with one attached hydrogen (secondary N) is 1. The van der Waals surface area contributed by atoms with Crippen molar-refractivity contribution in [1.82, 2.24) is 5.32 Å². The summed E-state index contributed by atoms with van der Waals surface area (Å²) in [7, 11) is 0. The van der Waals surface area contributed by atoms with Gasteiger partial charge < -0.3 is 11.1 Å². The molecule has 0 fully saturated rings. The summed E-state index contributed by atoms with van der Waals surface area (Å²) in [6, 6.07) is 8.03. The molecule has 0 bridgehead atoms. The molecule has 0 aliphatic carbocycles. The lowest BCUT2D eigenvalue weighted by atomic mass is 10.1. The van der Waals surface area contributed by atoms with E-state index in [2.05, 4.69) is 5.32 Å². The maximum atomic E-state index is 11.5. The summed E-state index contributed by atoms with van der Waals surface area (Å²) < 4.78 is 0. The molecular formula is C12H18N2O. The van der Waals surface area contributed by atoms with Crippen molar-refractivity contribution in [3.63, 3.8) is 0 Å². The third-order valence-electron chi connectivity index (χ3n) is 2.12. The predicted octanol–water partition coefficient (Wildman–Crippen LogP) is 1.35. The van der Waals surface area contributed by atoms with Gasteiger partial charge in [0.15, 0.2) is 0 Å². The minimum Gasteiger partial charge on any atom is -0.350 e. The molecule has 0 heterocycles. The van der Waals surface area contributed by atoms with Crippen LogP contribution in [0.1, 0.15) is 25.0 Å². The number of nitrogens with two attached hydrogens (primary N) is 1. The van der Waals surface area contributed by atoms with Crippen molar-refractivity contribution in [2.45, 2.75) is 32.9 Å². The summed E-state index contributed by atoms with van der Waals surface area (Å²) >= 11 is 0. The number of benzene rings is 1. The Morgan fingerprint density at radius 2 is 2.13 bits per heavy atom. The molecule has 0 unspecified atom stereocenters. The van der Waals surface area contributed by atoms with Gasteiger partial charge in [-0.1, -0.05) is 29.8 Å². The highest BCUT2D eigenvalue weighted by Crippen LogP contribution is 2.04. The number of hydrogen-bond acceptors (Lipinski definition) is 2. The third kappa shape index (κ3) is 3.72. The number of rotatable bonds is 3. The Bertz CT molecular complexity index is 353. The first-order valence-corrected chi connectivity index (χ1v) is 5.02. The van der Waals surface area contributed by atoms with E-state index >= 15 is 0 Å². The Labute approximate surface area is 90.7 Å². The summed E-state index contributed by atoms with van der Waals surface area (Å²) in [6.07, 6.45) is 0. The van der Waals surface area contributed by atoms with Gasteiger partial charge in [-0.05, 0) is 26.3 Å². The van der Waals surface area contributed by atoms with Crippen molar-refractivity contribution in [3.8, 4) is 0 Å². The Balaban J connectivity index is 2.55. The molecule has 3 N–H and O–H groups in total. The number of amides is 1. The Hall–Kier alpha value is -1.35.